The van der Waals surface area contributed by atoms with E-state index in [9.17, 15) is 0 Å². The van der Waals surface area contributed by atoms with E-state index in [-0.39, 0.29) is 12.0 Å². The molecule has 1 aromatic carbocycles. The fraction of sp³-hybridized carbons (Fsp3) is 0.312. The first-order valence-electron chi connectivity index (χ1n) is 6.72. The van der Waals surface area contributed by atoms with Crippen molar-refractivity contribution in [2.45, 2.75) is 25.8 Å². The smallest absolute Gasteiger partial charge is 0.0640 e. The highest BCUT2D eigenvalue weighted by Crippen LogP contribution is 2.36. The molecule has 106 valence electrons. The van der Waals surface area contributed by atoms with Gasteiger partial charge >= 0.3 is 0 Å². The molecule has 0 aliphatic heterocycles. The molecule has 20 heavy (non-hydrogen) atoms. The van der Waals surface area contributed by atoms with Crippen LogP contribution in [0.15, 0.2) is 42.7 Å². The van der Waals surface area contributed by atoms with E-state index in [0.29, 0.717) is 10.0 Å². The van der Waals surface area contributed by atoms with Gasteiger partial charge in [0.05, 0.1) is 10.0 Å². The zero-order valence-electron chi connectivity index (χ0n) is 11.6. The third-order valence-corrected chi connectivity index (χ3v) is 4.31. The summed E-state index contributed by atoms with van der Waals surface area (Å²) in [5, 5.41) is 4.72. The molecule has 2 nitrogen and oxygen atoms in total. The summed E-state index contributed by atoms with van der Waals surface area (Å²) in [7, 11) is 0. The van der Waals surface area contributed by atoms with Crippen LogP contribution in [0.25, 0.3) is 0 Å². The largest absolute Gasteiger partial charge is 0.310 e. The van der Waals surface area contributed by atoms with Crippen LogP contribution in [0.4, 0.5) is 0 Å². The van der Waals surface area contributed by atoms with Gasteiger partial charge in [-0.05, 0) is 35.9 Å². The van der Waals surface area contributed by atoms with E-state index >= 15 is 0 Å². The second-order valence-corrected chi connectivity index (χ2v) is 5.53. The van der Waals surface area contributed by atoms with Crippen molar-refractivity contribution in [3.05, 3.63) is 63.9 Å². The van der Waals surface area contributed by atoms with E-state index in [1.807, 2.05) is 42.7 Å². The van der Waals surface area contributed by atoms with Gasteiger partial charge in [-0.15, -0.1) is 0 Å². The third kappa shape index (κ3) is 3.32. The molecule has 1 aromatic heterocycles. The van der Waals surface area contributed by atoms with Gasteiger partial charge in [0.2, 0.25) is 0 Å². The molecule has 4 heteroatoms. The standard InChI is InChI=1S/C16H18Cl2N2/c1-3-20-16(11(2)12-7-9-19-10-8-12)13-5-4-6-14(17)15(13)18/h4-11,16,20H,3H2,1-2H3. The maximum Gasteiger partial charge on any atom is 0.0640 e. The van der Waals surface area contributed by atoms with Crippen molar-refractivity contribution in [1.82, 2.24) is 10.3 Å². The molecule has 0 spiro atoms. The summed E-state index contributed by atoms with van der Waals surface area (Å²) < 4.78 is 0. The van der Waals surface area contributed by atoms with Crippen molar-refractivity contribution in [3.63, 3.8) is 0 Å². The fourth-order valence-corrected chi connectivity index (χ4v) is 2.82. The van der Waals surface area contributed by atoms with Crippen LogP contribution in [0.1, 0.15) is 36.9 Å². The SMILES string of the molecule is CCNC(c1cccc(Cl)c1Cl)C(C)c1ccncc1. The zero-order valence-corrected chi connectivity index (χ0v) is 13.1. The van der Waals surface area contributed by atoms with E-state index in [0.717, 1.165) is 12.1 Å². The quantitative estimate of drug-likeness (QED) is 0.854. The minimum Gasteiger partial charge on any atom is -0.310 e. The third-order valence-electron chi connectivity index (χ3n) is 3.47. The molecule has 0 aliphatic rings. The molecule has 0 saturated heterocycles. The predicted molar refractivity (Wildman–Crippen MR) is 85.5 cm³/mol. The molecule has 0 saturated carbocycles. The van der Waals surface area contributed by atoms with E-state index < -0.39 is 0 Å². The molecule has 0 fully saturated rings. The minimum atomic E-state index is 0.119. The molecule has 2 atom stereocenters. The Kier molecular flexibility index (Phi) is 5.41. The van der Waals surface area contributed by atoms with Gasteiger partial charge in [-0.25, -0.2) is 0 Å². The van der Waals surface area contributed by atoms with Crippen molar-refractivity contribution in [2.75, 3.05) is 6.54 Å². The number of hydrogen-bond donors (Lipinski definition) is 1. The highest BCUT2D eigenvalue weighted by molar-refractivity contribution is 6.42. The minimum absolute atomic E-state index is 0.119. The van der Waals surface area contributed by atoms with Crippen molar-refractivity contribution >= 4 is 23.2 Å². The second kappa shape index (κ2) is 7.07. The van der Waals surface area contributed by atoms with Gasteiger partial charge in [0.1, 0.15) is 0 Å². The Morgan fingerprint density at radius 3 is 2.50 bits per heavy atom. The predicted octanol–water partition coefficient (Wildman–Crippen LogP) is 4.84. The van der Waals surface area contributed by atoms with Crippen LogP contribution < -0.4 is 5.32 Å². The maximum absolute atomic E-state index is 6.37. The van der Waals surface area contributed by atoms with Crippen LogP contribution in [-0.2, 0) is 0 Å². The Morgan fingerprint density at radius 1 is 1.15 bits per heavy atom. The highest BCUT2D eigenvalue weighted by atomic mass is 35.5. The monoisotopic (exact) mass is 308 g/mol. The number of likely N-dealkylation sites (N-methyl/N-ethyl adjacent to an activating group) is 1. The van der Waals surface area contributed by atoms with Gasteiger partial charge in [0.25, 0.3) is 0 Å². The number of hydrogen-bond acceptors (Lipinski definition) is 2. The van der Waals surface area contributed by atoms with Crippen LogP contribution in [0.5, 0.6) is 0 Å². The van der Waals surface area contributed by atoms with Gasteiger partial charge in [0, 0.05) is 24.4 Å². The molecule has 2 unspecified atom stereocenters. The Morgan fingerprint density at radius 2 is 1.85 bits per heavy atom. The fourth-order valence-electron chi connectivity index (χ4n) is 2.40. The molecule has 1 N–H and O–H groups in total. The lowest BCUT2D eigenvalue weighted by molar-refractivity contribution is 0.479. The summed E-state index contributed by atoms with van der Waals surface area (Å²) in [6.45, 7) is 5.13. The Balaban J connectivity index is 2.38. The molecule has 2 aromatic rings. The Labute approximate surface area is 130 Å². The number of nitrogens with zero attached hydrogens (tertiary/aromatic N) is 1. The van der Waals surface area contributed by atoms with Gasteiger partial charge in [0.15, 0.2) is 0 Å². The molecule has 2 rings (SSSR count). The first-order valence-corrected chi connectivity index (χ1v) is 7.48. The van der Waals surface area contributed by atoms with Crippen molar-refractivity contribution in [3.8, 4) is 0 Å². The van der Waals surface area contributed by atoms with Crippen LogP contribution in [-0.4, -0.2) is 11.5 Å². The number of pyridine rings is 1. The van der Waals surface area contributed by atoms with Gasteiger partial charge in [-0.1, -0.05) is 49.2 Å². The van der Waals surface area contributed by atoms with Crippen LogP contribution in [0.2, 0.25) is 10.0 Å². The molecular weight excluding hydrogens is 291 g/mol. The van der Waals surface area contributed by atoms with Gasteiger partial charge in [-0.2, -0.15) is 0 Å². The number of halogens is 2. The molecule has 0 aliphatic carbocycles. The average Bonchev–Trinajstić information content (AvgIpc) is 2.48. The normalized spacial score (nSPS) is 14.0. The number of nitrogens with one attached hydrogen (secondary N) is 1. The maximum atomic E-state index is 6.37. The Bertz CT molecular complexity index is 558. The molecule has 0 radical (unpaired) electrons. The summed E-state index contributed by atoms with van der Waals surface area (Å²) in [6.07, 6.45) is 3.63. The summed E-state index contributed by atoms with van der Waals surface area (Å²) in [5.41, 5.74) is 2.26. The topological polar surface area (TPSA) is 24.9 Å². The lowest BCUT2D eigenvalue weighted by atomic mass is 9.89. The van der Waals surface area contributed by atoms with Crippen molar-refractivity contribution < 1.29 is 0 Å². The number of rotatable bonds is 5. The van der Waals surface area contributed by atoms with Crippen LogP contribution >= 0.6 is 23.2 Å². The lowest BCUT2D eigenvalue weighted by Gasteiger charge is -2.26. The van der Waals surface area contributed by atoms with E-state index in [1.165, 1.54) is 5.56 Å². The van der Waals surface area contributed by atoms with Crippen LogP contribution in [0.3, 0.4) is 0 Å². The molecular formula is C16H18Cl2N2. The number of benzene rings is 1. The number of aromatic nitrogens is 1. The average molecular weight is 309 g/mol. The summed E-state index contributed by atoms with van der Waals surface area (Å²) in [5.74, 6) is 0.272. The summed E-state index contributed by atoms with van der Waals surface area (Å²) in [6, 6.07) is 9.97. The lowest BCUT2D eigenvalue weighted by Crippen LogP contribution is -2.26. The highest BCUT2D eigenvalue weighted by Gasteiger charge is 2.22. The van der Waals surface area contributed by atoms with Crippen molar-refractivity contribution in [2.24, 2.45) is 0 Å². The first-order chi connectivity index (χ1) is 9.65. The molecule has 0 amide bonds. The van der Waals surface area contributed by atoms with E-state index in [1.54, 1.807) is 0 Å². The molecule has 0 bridgehead atoms. The van der Waals surface area contributed by atoms with Gasteiger partial charge < -0.3 is 5.32 Å². The summed E-state index contributed by atoms with van der Waals surface area (Å²) >= 11 is 12.5. The summed E-state index contributed by atoms with van der Waals surface area (Å²) in [4.78, 5) is 4.07. The van der Waals surface area contributed by atoms with Gasteiger partial charge in [-0.3, -0.25) is 4.98 Å². The van der Waals surface area contributed by atoms with E-state index in [4.69, 9.17) is 23.2 Å². The van der Waals surface area contributed by atoms with Crippen molar-refractivity contribution in [1.29, 1.82) is 0 Å². The van der Waals surface area contributed by atoms with Crippen LogP contribution in [0, 0.1) is 0 Å². The second-order valence-electron chi connectivity index (χ2n) is 4.75. The molecule has 1 heterocycles. The van der Waals surface area contributed by atoms with E-state index in [2.05, 4.69) is 24.1 Å². The Hall–Kier alpha value is -1.09. The zero-order chi connectivity index (χ0) is 14.5. The first kappa shape index (κ1) is 15.3.